The Morgan fingerprint density at radius 1 is 1.00 bits per heavy atom. The van der Waals surface area contributed by atoms with Gasteiger partial charge < -0.3 is 15.2 Å². The summed E-state index contributed by atoms with van der Waals surface area (Å²) in [4.78, 5) is 25.1. The molecule has 2 amide bonds. The molecule has 0 aliphatic heterocycles. The van der Waals surface area contributed by atoms with Crippen molar-refractivity contribution in [3.8, 4) is 6.07 Å². The Kier molecular flexibility index (Phi) is 6.85. The molecule has 7 heteroatoms. The van der Waals surface area contributed by atoms with Crippen molar-refractivity contribution < 1.29 is 9.59 Å². The maximum atomic E-state index is 12.6. The lowest BCUT2D eigenvalue weighted by atomic mass is 10.0. The zero-order valence-electron chi connectivity index (χ0n) is 19.1. The first-order valence-corrected chi connectivity index (χ1v) is 11.6. The van der Waals surface area contributed by atoms with Gasteiger partial charge >= 0.3 is 0 Å². The highest BCUT2D eigenvalue weighted by atomic mass is 35.5. The molecule has 4 aromatic rings. The van der Waals surface area contributed by atoms with Crippen LogP contribution in [-0.2, 0) is 16.1 Å². The molecule has 0 bridgehead atoms. The van der Waals surface area contributed by atoms with Crippen LogP contribution in [-0.4, -0.2) is 16.4 Å². The lowest BCUT2D eigenvalue weighted by molar-refractivity contribution is -0.120. The van der Waals surface area contributed by atoms with Gasteiger partial charge in [-0.2, -0.15) is 5.26 Å². The van der Waals surface area contributed by atoms with E-state index in [4.69, 9.17) is 16.9 Å². The van der Waals surface area contributed by atoms with Gasteiger partial charge in [-0.15, -0.1) is 0 Å². The minimum atomic E-state index is -0.370. The Morgan fingerprint density at radius 2 is 1.71 bits per heavy atom. The standard InChI is InChI=1S/C27H25ClN4O2/c1-3-32-24-7-5-4-6-21(24)22-14-19(11-12-25(22)32)30-26(33)13-8-17(2)27(34)31-20-10-9-18(16-29)23(28)15-20/h4-7,9-12,14-15,17H,3,8,13H2,1-2H3,(H,30,33)(H,31,34). The number of para-hydroxylation sites is 1. The van der Waals surface area contributed by atoms with E-state index in [2.05, 4.69) is 34.3 Å². The van der Waals surface area contributed by atoms with Crippen LogP contribution in [0.3, 0.4) is 0 Å². The number of benzene rings is 3. The summed E-state index contributed by atoms with van der Waals surface area (Å²) in [6, 6.07) is 20.9. The largest absolute Gasteiger partial charge is 0.341 e. The second kappa shape index (κ2) is 9.98. The molecule has 6 nitrogen and oxygen atoms in total. The van der Waals surface area contributed by atoms with Crippen molar-refractivity contribution in [2.75, 3.05) is 10.6 Å². The number of fused-ring (bicyclic) bond motifs is 3. The van der Waals surface area contributed by atoms with Crippen LogP contribution in [0.5, 0.6) is 0 Å². The Balaban J connectivity index is 1.38. The van der Waals surface area contributed by atoms with Gasteiger partial charge in [0.25, 0.3) is 0 Å². The molecule has 1 aromatic heterocycles. The average molecular weight is 473 g/mol. The summed E-state index contributed by atoms with van der Waals surface area (Å²) in [5.74, 6) is -0.716. The topological polar surface area (TPSA) is 86.9 Å². The predicted octanol–water partition coefficient (Wildman–Crippen LogP) is 6.33. The highest BCUT2D eigenvalue weighted by Crippen LogP contribution is 2.31. The van der Waals surface area contributed by atoms with Crippen LogP contribution in [0.2, 0.25) is 5.02 Å². The molecule has 1 heterocycles. The number of nitriles is 1. The molecule has 0 aliphatic rings. The number of hydrogen-bond acceptors (Lipinski definition) is 3. The van der Waals surface area contributed by atoms with Crippen LogP contribution >= 0.6 is 11.6 Å². The number of aromatic nitrogens is 1. The summed E-state index contributed by atoms with van der Waals surface area (Å²) in [5, 5.41) is 17.2. The number of aryl methyl sites for hydroxylation is 1. The number of nitrogens with one attached hydrogen (secondary N) is 2. The van der Waals surface area contributed by atoms with Gasteiger partial charge in [0, 0.05) is 52.1 Å². The second-order valence-corrected chi connectivity index (χ2v) is 8.68. The van der Waals surface area contributed by atoms with Crippen LogP contribution in [0.4, 0.5) is 11.4 Å². The number of anilines is 2. The fraction of sp³-hybridized carbons (Fsp3) is 0.222. The van der Waals surface area contributed by atoms with E-state index in [0.29, 0.717) is 17.7 Å². The number of halogens is 1. The third kappa shape index (κ3) is 4.75. The molecule has 34 heavy (non-hydrogen) atoms. The van der Waals surface area contributed by atoms with E-state index in [1.54, 1.807) is 25.1 Å². The molecule has 0 saturated heterocycles. The second-order valence-electron chi connectivity index (χ2n) is 8.28. The minimum absolute atomic E-state index is 0.139. The average Bonchev–Trinajstić information content (AvgIpc) is 3.15. The quantitative estimate of drug-likeness (QED) is 0.329. The van der Waals surface area contributed by atoms with Crippen molar-refractivity contribution >= 4 is 56.6 Å². The number of carbonyl (C=O) groups excluding carboxylic acids is 2. The van der Waals surface area contributed by atoms with Crippen molar-refractivity contribution in [2.24, 2.45) is 5.92 Å². The molecular weight excluding hydrogens is 448 g/mol. The van der Waals surface area contributed by atoms with Crippen LogP contribution in [0.25, 0.3) is 21.8 Å². The van der Waals surface area contributed by atoms with Crippen molar-refractivity contribution in [2.45, 2.75) is 33.2 Å². The molecule has 0 spiro atoms. The van der Waals surface area contributed by atoms with Gasteiger partial charge in [0.1, 0.15) is 6.07 Å². The first-order valence-electron chi connectivity index (χ1n) is 11.2. The summed E-state index contributed by atoms with van der Waals surface area (Å²) in [6.07, 6.45) is 0.622. The summed E-state index contributed by atoms with van der Waals surface area (Å²) in [7, 11) is 0. The predicted molar refractivity (Wildman–Crippen MR) is 137 cm³/mol. The van der Waals surface area contributed by atoms with Gasteiger partial charge in [-0.3, -0.25) is 9.59 Å². The van der Waals surface area contributed by atoms with E-state index in [1.165, 1.54) is 5.52 Å². The third-order valence-electron chi connectivity index (χ3n) is 5.98. The van der Waals surface area contributed by atoms with Gasteiger partial charge in [-0.05, 0) is 55.8 Å². The minimum Gasteiger partial charge on any atom is -0.341 e. The van der Waals surface area contributed by atoms with Crippen LogP contribution in [0.1, 0.15) is 32.3 Å². The molecule has 172 valence electrons. The van der Waals surface area contributed by atoms with Crippen molar-refractivity contribution in [1.82, 2.24) is 4.57 Å². The maximum Gasteiger partial charge on any atom is 0.227 e. The van der Waals surface area contributed by atoms with Gasteiger partial charge in [0.2, 0.25) is 11.8 Å². The number of carbonyl (C=O) groups is 2. The fourth-order valence-electron chi connectivity index (χ4n) is 4.12. The Morgan fingerprint density at radius 3 is 2.44 bits per heavy atom. The molecule has 0 radical (unpaired) electrons. The highest BCUT2D eigenvalue weighted by Gasteiger charge is 2.16. The Labute approximate surface area is 203 Å². The zero-order chi connectivity index (χ0) is 24.2. The SMILES string of the molecule is CCn1c2ccccc2c2cc(NC(=O)CCC(C)C(=O)Nc3ccc(C#N)c(Cl)c3)ccc21. The zero-order valence-corrected chi connectivity index (χ0v) is 19.8. The van der Waals surface area contributed by atoms with Crippen LogP contribution < -0.4 is 10.6 Å². The molecule has 0 fully saturated rings. The highest BCUT2D eigenvalue weighted by molar-refractivity contribution is 6.32. The molecule has 0 aliphatic carbocycles. The van der Waals surface area contributed by atoms with Gasteiger partial charge in [-0.25, -0.2) is 0 Å². The summed E-state index contributed by atoms with van der Waals surface area (Å²) in [5.41, 5.74) is 3.91. The van der Waals surface area contributed by atoms with Gasteiger partial charge in [0.15, 0.2) is 0 Å². The lowest BCUT2D eigenvalue weighted by Crippen LogP contribution is -2.22. The molecule has 4 rings (SSSR count). The first kappa shape index (κ1) is 23.3. The van der Waals surface area contributed by atoms with E-state index < -0.39 is 0 Å². The number of rotatable bonds is 7. The maximum absolute atomic E-state index is 12.6. The molecule has 3 aromatic carbocycles. The molecule has 0 saturated carbocycles. The van der Waals surface area contributed by atoms with Crippen LogP contribution in [0.15, 0.2) is 60.7 Å². The normalized spacial score (nSPS) is 11.8. The first-order chi connectivity index (χ1) is 16.4. The van der Waals surface area contributed by atoms with Gasteiger partial charge in [-0.1, -0.05) is 36.7 Å². The lowest BCUT2D eigenvalue weighted by Gasteiger charge is -2.13. The van der Waals surface area contributed by atoms with E-state index >= 15 is 0 Å². The summed E-state index contributed by atoms with van der Waals surface area (Å²) >= 11 is 6.02. The smallest absolute Gasteiger partial charge is 0.227 e. The van der Waals surface area contributed by atoms with Crippen molar-refractivity contribution in [1.29, 1.82) is 5.26 Å². The number of amides is 2. The van der Waals surface area contributed by atoms with E-state index in [1.807, 2.05) is 36.4 Å². The molecule has 1 unspecified atom stereocenters. The van der Waals surface area contributed by atoms with Crippen LogP contribution in [0, 0.1) is 17.2 Å². The van der Waals surface area contributed by atoms with E-state index in [9.17, 15) is 9.59 Å². The fourth-order valence-corrected chi connectivity index (χ4v) is 4.35. The number of hydrogen-bond donors (Lipinski definition) is 2. The summed E-state index contributed by atoms with van der Waals surface area (Å²) < 4.78 is 2.26. The Hall–Kier alpha value is -3.82. The third-order valence-corrected chi connectivity index (χ3v) is 6.29. The van der Waals surface area contributed by atoms with Crippen molar-refractivity contribution in [3.63, 3.8) is 0 Å². The molecule has 2 N–H and O–H groups in total. The van der Waals surface area contributed by atoms with E-state index in [-0.39, 0.29) is 29.2 Å². The number of nitrogens with zero attached hydrogens (tertiary/aromatic N) is 2. The van der Waals surface area contributed by atoms with Gasteiger partial charge in [0.05, 0.1) is 10.6 Å². The monoisotopic (exact) mass is 472 g/mol. The Bertz CT molecular complexity index is 1430. The molecule has 1 atom stereocenters. The van der Waals surface area contributed by atoms with E-state index in [0.717, 1.165) is 28.5 Å². The van der Waals surface area contributed by atoms with Crippen molar-refractivity contribution in [3.05, 3.63) is 71.2 Å². The summed E-state index contributed by atoms with van der Waals surface area (Å²) in [6.45, 7) is 4.76. The molecular formula is C27H25ClN4O2.